The number of ketones is 1. The number of benzene rings is 1. The highest BCUT2D eigenvalue weighted by atomic mass is 79.9. The van der Waals surface area contributed by atoms with Gasteiger partial charge in [0.05, 0.1) is 10.0 Å². The topological polar surface area (TPSA) is 84.5 Å². The maximum Gasteiger partial charge on any atom is 0.321 e. The number of rotatable bonds is 5. The first-order chi connectivity index (χ1) is 13.7. The molecule has 0 radical (unpaired) electrons. The Morgan fingerprint density at radius 3 is 2.21 bits per heavy atom. The second-order valence-electron chi connectivity index (χ2n) is 8.81. The van der Waals surface area contributed by atoms with E-state index in [-0.39, 0.29) is 23.7 Å². The van der Waals surface area contributed by atoms with Crippen LogP contribution in [-0.2, 0) is 4.79 Å². The molecule has 4 aliphatic rings. The summed E-state index contributed by atoms with van der Waals surface area (Å²) in [6.45, 7) is 1.08. The molecular formula is C21H24Br2N2O4. The molecule has 1 aromatic rings. The van der Waals surface area contributed by atoms with Crippen molar-refractivity contribution in [2.45, 2.75) is 51.0 Å². The van der Waals surface area contributed by atoms with Gasteiger partial charge >= 0.3 is 6.03 Å². The number of amides is 3. The number of hydrogen-bond donors (Lipinski definition) is 2. The van der Waals surface area contributed by atoms with Crippen LogP contribution in [0.5, 0.6) is 5.75 Å². The average Bonchev–Trinajstić information content (AvgIpc) is 2.58. The van der Waals surface area contributed by atoms with Gasteiger partial charge in [-0.25, -0.2) is 4.79 Å². The Kier molecular flexibility index (Phi) is 5.77. The Hall–Kier alpha value is -1.41. The quantitative estimate of drug-likeness (QED) is 0.548. The number of nitrogens with one attached hydrogen (secondary N) is 2. The Labute approximate surface area is 186 Å². The lowest BCUT2D eigenvalue weighted by Crippen LogP contribution is -2.62. The van der Waals surface area contributed by atoms with Crippen LogP contribution in [0.15, 0.2) is 21.1 Å². The standard InChI is InChI=1S/C21H24Br2N2O4/c1-11(26)16-5-15(22)6-17(23)19(16)29-10-18(27)24-20(28)25-21-7-12-2-13(8-21)4-14(3-12)9-21/h5-6,12-14H,2-4,7-10H2,1H3,(H2,24,25,27,28). The molecule has 4 aliphatic carbocycles. The molecular weight excluding hydrogens is 504 g/mol. The van der Waals surface area contributed by atoms with Crippen molar-refractivity contribution in [1.82, 2.24) is 10.6 Å². The zero-order chi connectivity index (χ0) is 20.8. The maximum atomic E-state index is 12.5. The molecule has 0 spiro atoms. The molecule has 1 aromatic carbocycles. The fraction of sp³-hybridized carbons (Fsp3) is 0.571. The minimum atomic E-state index is -0.545. The molecule has 29 heavy (non-hydrogen) atoms. The summed E-state index contributed by atoms with van der Waals surface area (Å²) in [5, 5.41) is 5.49. The molecule has 156 valence electrons. The van der Waals surface area contributed by atoms with Crippen LogP contribution < -0.4 is 15.4 Å². The zero-order valence-electron chi connectivity index (χ0n) is 16.2. The predicted octanol–water partition coefficient (Wildman–Crippen LogP) is 4.59. The minimum Gasteiger partial charge on any atom is -0.482 e. The van der Waals surface area contributed by atoms with Gasteiger partial charge in [0, 0.05) is 10.0 Å². The van der Waals surface area contributed by atoms with Gasteiger partial charge in [0.2, 0.25) is 0 Å². The fourth-order valence-electron chi connectivity index (χ4n) is 5.80. The van der Waals surface area contributed by atoms with Gasteiger partial charge in [0.15, 0.2) is 12.4 Å². The van der Waals surface area contributed by atoms with Crippen molar-refractivity contribution in [2.24, 2.45) is 17.8 Å². The summed E-state index contributed by atoms with van der Waals surface area (Å²) in [4.78, 5) is 36.6. The van der Waals surface area contributed by atoms with E-state index in [1.54, 1.807) is 12.1 Å². The van der Waals surface area contributed by atoms with Crippen molar-refractivity contribution in [3.8, 4) is 5.75 Å². The number of hydrogen-bond acceptors (Lipinski definition) is 4. The van der Waals surface area contributed by atoms with Gasteiger partial charge in [0.1, 0.15) is 5.75 Å². The van der Waals surface area contributed by atoms with E-state index < -0.39 is 11.9 Å². The summed E-state index contributed by atoms with van der Waals surface area (Å²) in [7, 11) is 0. The lowest BCUT2D eigenvalue weighted by Gasteiger charge is -2.56. The second-order valence-corrected chi connectivity index (χ2v) is 10.6. The van der Waals surface area contributed by atoms with E-state index >= 15 is 0 Å². The van der Waals surface area contributed by atoms with Crippen molar-refractivity contribution in [3.63, 3.8) is 0 Å². The molecule has 2 N–H and O–H groups in total. The largest absolute Gasteiger partial charge is 0.482 e. The maximum absolute atomic E-state index is 12.5. The van der Waals surface area contributed by atoms with Crippen molar-refractivity contribution in [3.05, 3.63) is 26.6 Å². The lowest BCUT2D eigenvalue weighted by molar-refractivity contribution is -0.122. The fourth-order valence-corrected chi connectivity index (χ4v) is 7.14. The molecule has 0 heterocycles. The van der Waals surface area contributed by atoms with Crippen LogP contribution in [0.2, 0.25) is 0 Å². The molecule has 0 aromatic heterocycles. The normalized spacial score (nSPS) is 29.4. The second kappa shape index (κ2) is 8.02. The van der Waals surface area contributed by atoms with E-state index in [1.807, 2.05) is 0 Å². The summed E-state index contributed by atoms with van der Waals surface area (Å²) in [6, 6.07) is 2.92. The Bertz CT molecular complexity index is 835. The number of Topliss-reactive ketones (excluding diaryl/α,β-unsaturated/α-hetero) is 1. The third-order valence-corrected chi connectivity index (χ3v) is 7.45. The van der Waals surface area contributed by atoms with Crippen LogP contribution in [0.4, 0.5) is 4.79 Å². The minimum absolute atomic E-state index is 0.156. The third-order valence-electron chi connectivity index (χ3n) is 6.41. The van der Waals surface area contributed by atoms with Crippen molar-refractivity contribution < 1.29 is 19.1 Å². The van der Waals surface area contributed by atoms with Crippen LogP contribution in [0.1, 0.15) is 55.8 Å². The highest BCUT2D eigenvalue weighted by molar-refractivity contribution is 9.11. The van der Waals surface area contributed by atoms with E-state index in [2.05, 4.69) is 42.5 Å². The molecule has 0 unspecified atom stereocenters. The molecule has 8 heteroatoms. The van der Waals surface area contributed by atoms with Crippen LogP contribution in [0.3, 0.4) is 0 Å². The van der Waals surface area contributed by atoms with E-state index in [4.69, 9.17) is 4.74 Å². The monoisotopic (exact) mass is 526 g/mol. The first-order valence-electron chi connectivity index (χ1n) is 9.98. The summed E-state index contributed by atoms with van der Waals surface area (Å²) >= 11 is 6.69. The SMILES string of the molecule is CC(=O)c1cc(Br)cc(Br)c1OCC(=O)NC(=O)NC12CC3CC(CC(C3)C1)C2. The van der Waals surface area contributed by atoms with Gasteiger partial charge < -0.3 is 10.1 Å². The molecule has 3 amide bonds. The van der Waals surface area contributed by atoms with Gasteiger partial charge in [-0.3, -0.25) is 14.9 Å². The predicted molar refractivity (Wildman–Crippen MR) is 115 cm³/mol. The number of halogens is 2. The van der Waals surface area contributed by atoms with Crippen LogP contribution in [-0.4, -0.2) is 29.9 Å². The van der Waals surface area contributed by atoms with Crippen LogP contribution >= 0.6 is 31.9 Å². The van der Waals surface area contributed by atoms with E-state index in [0.29, 0.717) is 27.8 Å². The third kappa shape index (κ3) is 4.53. The Morgan fingerprint density at radius 2 is 1.66 bits per heavy atom. The van der Waals surface area contributed by atoms with Crippen molar-refractivity contribution in [2.75, 3.05) is 6.61 Å². The van der Waals surface area contributed by atoms with Gasteiger partial charge in [0.25, 0.3) is 5.91 Å². The summed E-state index contributed by atoms with van der Waals surface area (Å²) < 4.78 is 6.84. The zero-order valence-corrected chi connectivity index (χ0v) is 19.4. The molecule has 0 atom stereocenters. The summed E-state index contributed by atoms with van der Waals surface area (Å²) in [5.74, 6) is 1.69. The van der Waals surface area contributed by atoms with Crippen LogP contribution in [0.25, 0.3) is 0 Å². The molecule has 5 rings (SSSR count). The van der Waals surface area contributed by atoms with E-state index in [1.165, 1.54) is 26.2 Å². The van der Waals surface area contributed by atoms with Crippen molar-refractivity contribution in [1.29, 1.82) is 0 Å². The molecule has 0 saturated heterocycles. The van der Waals surface area contributed by atoms with Crippen molar-refractivity contribution >= 4 is 49.6 Å². The first kappa shape index (κ1) is 20.8. The average molecular weight is 528 g/mol. The van der Waals surface area contributed by atoms with E-state index in [9.17, 15) is 14.4 Å². The molecule has 6 nitrogen and oxygen atoms in total. The van der Waals surface area contributed by atoms with Gasteiger partial charge in [-0.2, -0.15) is 0 Å². The van der Waals surface area contributed by atoms with Crippen LogP contribution in [0, 0.1) is 17.8 Å². The number of ether oxygens (including phenoxy) is 1. The Morgan fingerprint density at radius 1 is 1.07 bits per heavy atom. The van der Waals surface area contributed by atoms with Gasteiger partial charge in [-0.15, -0.1) is 0 Å². The molecule has 0 aliphatic heterocycles. The number of carbonyl (C=O) groups excluding carboxylic acids is 3. The smallest absolute Gasteiger partial charge is 0.321 e. The number of carbonyl (C=O) groups is 3. The molecule has 4 saturated carbocycles. The highest BCUT2D eigenvalue weighted by Gasteiger charge is 2.51. The lowest BCUT2D eigenvalue weighted by atomic mass is 9.53. The van der Waals surface area contributed by atoms with Gasteiger partial charge in [-0.05, 0) is 91.3 Å². The summed E-state index contributed by atoms with van der Waals surface area (Å²) in [5.41, 5.74) is 0.202. The molecule has 4 fully saturated rings. The highest BCUT2D eigenvalue weighted by Crippen LogP contribution is 2.55. The first-order valence-corrected chi connectivity index (χ1v) is 11.6. The number of urea groups is 1. The van der Waals surface area contributed by atoms with Gasteiger partial charge in [-0.1, -0.05) is 15.9 Å². The molecule has 4 bridgehead atoms. The van der Waals surface area contributed by atoms with E-state index in [0.717, 1.165) is 23.7 Å². The Balaban J connectivity index is 1.34. The number of imide groups is 1. The summed E-state index contributed by atoms with van der Waals surface area (Å²) in [6.07, 6.45) is 6.92.